The Hall–Kier alpha value is -3.80. The van der Waals surface area contributed by atoms with Gasteiger partial charge in [-0.25, -0.2) is 0 Å². The molecule has 3 aromatic carbocycles. The molecule has 34 heavy (non-hydrogen) atoms. The van der Waals surface area contributed by atoms with Gasteiger partial charge in [0.05, 0.1) is 14.2 Å². The maximum Gasteiger partial charge on any atom is 0.315 e. The summed E-state index contributed by atoms with van der Waals surface area (Å²) in [6.45, 7) is 3.85. The smallest absolute Gasteiger partial charge is 0.315 e. The Bertz CT molecular complexity index is 1370. The number of carbonyl (C=O) groups is 2. The summed E-state index contributed by atoms with van der Waals surface area (Å²) in [5.41, 5.74) is 3.15. The Labute approximate surface area is 198 Å². The summed E-state index contributed by atoms with van der Waals surface area (Å²) in [5, 5.41) is 15.8. The van der Waals surface area contributed by atoms with E-state index < -0.39 is 17.3 Å². The Morgan fingerprint density at radius 3 is 2.59 bits per heavy atom. The molecule has 1 heterocycles. The highest BCUT2D eigenvalue weighted by Crippen LogP contribution is 2.53. The van der Waals surface area contributed by atoms with Crippen LogP contribution in [0.2, 0.25) is 0 Å². The second-order valence-electron chi connectivity index (χ2n) is 9.61. The molecule has 6 heteroatoms. The molecular formula is C28H27NO5. The van der Waals surface area contributed by atoms with E-state index in [1.165, 1.54) is 14.2 Å². The van der Waals surface area contributed by atoms with Crippen LogP contribution in [0.25, 0.3) is 10.8 Å². The standard InChI is InChI=1S/C28H27NO5/c1-28(2)14-20(31)24-22(16-10-12-19(30)21(13-16)33-3)23-17-8-6-5-7-15(17)9-11-18(23)29-26(24)25(28)27(32)34-4/h5-13,22,25,29-30H,14H2,1-4H3/t22-,25-/m0/s1. The van der Waals surface area contributed by atoms with E-state index in [1.54, 1.807) is 12.1 Å². The van der Waals surface area contributed by atoms with Crippen molar-refractivity contribution in [3.8, 4) is 11.5 Å². The van der Waals surface area contributed by atoms with Gasteiger partial charge in [0, 0.05) is 29.3 Å². The second kappa shape index (κ2) is 7.90. The minimum atomic E-state index is -0.619. The fraction of sp³-hybridized carbons (Fsp3) is 0.286. The third-order valence-corrected chi connectivity index (χ3v) is 7.07. The number of esters is 1. The Morgan fingerprint density at radius 1 is 1.09 bits per heavy atom. The van der Waals surface area contributed by atoms with Crippen LogP contribution in [0.5, 0.6) is 11.5 Å². The highest BCUT2D eigenvalue weighted by atomic mass is 16.5. The molecule has 0 radical (unpaired) electrons. The summed E-state index contributed by atoms with van der Waals surface area (Å²) in [7, 11) is 2.87. The van der Waals surface area contributed by atoms with E-state index in [0.717, 1.165) is 27.6 Å². The van der Waals surface area contributed by atoms with Crippen molar-refractivity contribution in [3.05, 3.63) is 77.0 Å². The molecule has 0 saturated carbocycles. The lowest BCUT2D eigenvalue weighted by Gasteiger charge is -2.44. The first-order valence-corrected chi connectivity index (χ1v) is 11.3. The first-order valence-electron chi connectivity index (χ1n) is 11.3. The number of allylic oxidation sites excluding steroid dienone is 1. The van der Waals surface area contributed by atoms with Crippen LogP contribution in [0, 0.1) is 11.3 Å². The Balaban J connectivity index is 1.85. The van der Waals surface area contributed by atoms with E-state index in [2.05, 4.69) is 5.32 Å². The number of phenols is 1. The van der Waals surface area contributed by atoms with Gasteiger partial charge >= 0.3 is 5.97 Å². The molecule has 2 atom stereocenters. The fourth-order valence-electron chi connectivity index (χ4n) is 5.53. The van der Waals surface area contributed by atoms with E-state index in [1.807, 2.05) is 56.3 Å². The van der Waals surface area contributed by atoms with Gasteiger partial charge in [-0.2, -0.15) is 0 Å². The van der Waals surface area contributed by atoms with Gasteiger partial charge in [0.25, 0.3) is 0 Å². The maximum atomic E-state index is 13.7. The summed E-state index contributed by atoms with van der Waals surface area (Å²) >= 11 is 0. The van der Waals surface area contributed by atoms with Crippen LogP contribution in [0.3, 0.4) is 0 Å². The topological polar surface area (TPSA) is 84.9 Å². The third kappa shape index (κ3) is 3.24. The normalized spacial score (nSPS) is 20.9. The molecule has 6 nitrogen and oxygen atoms in total. The predicted octanol–water partition coefficient (Wildman–Crippen LogP) is 5.15. The summed E-state index contributed by atoms with van der Waals surface area (Å²) < 4.78 is 10.6. The van der Waals surface area contributed by atoms with E-state index in [-0.39, 0.29) is 23.9 Å². The first-order chi connectivity index (χ1) is 16.3. The molecule has 5 rings (SSSR count). The molecule has 174 valence electrons. The number of hydrogen-bond acceptors (Lipinski definition) is 6. The lowest BCUT2D eigenvalue weighted by atomic mass is 9.63. The highest BCUT2D eigenvalue weighted by Gasteiger charge is 2.50. The lowest BCUT2D eigenvalue weighted by Crippen LogP contribution is -2.44. The molecule has 1 aliphatic carbocycles. The van der Waals surface area contributed by atoms with Gasteiger partial charge in [0.2, 0.25) is 0 Å². The van der Waals surface area contributed by atoms with Crippen molar-refractivity contribution >= 4 is 28.2 Å². The largest absolute Gasteiger partial charge is 0.504 e. The van der Waals surface area contributed by atoms with Crippen LogP contribution >= 0.6 is 0 Å². The van der Waals surface area contributed by atoms with Gasteiger partial charge in [-0.3, -0.25) is 9.59 Å². The minimum Gasteiger partial charge on any atom is -0.504 e. The van der Waals surface area contributed by atoms with E-state index in [0.29, 0.717) is 17.0 Å². The van der Waals surface area contributed by atoms with Gasteiger partial charge in [0.1, 0.15) is 5.92 Å². The van der Waals surface area contributed by atoms with Crippen molar-refractivity contribution in [1.29, 1.82) is 0 Å². The van der Waals surface area contributed by atoms with Crippen molar-refractivity contribution in [2.45, 2.75) is 26.2 Å². The van der Waals surface area contributed by atoms with E-state index >= 15 is 0 Å². The first kappa shape index (κ1) is 22.0. The number of ether oxygens (including phenoxy) is 2. The van der Waals surface area contributed by atoms with Crippen LogP contribution in [-0.4, -0.2) is 31.1 Å². The van der Waals surface area contributed by atoms with E-state index in [4.69, 9.17) is 9.47 Å². The van der Waals surface area contributed by atoms with Crippen molar-refractivity contribution in [2.24, 2.45) is 11.3 Å². The van der Waals surface area contributed by atoms with Crippen molar-refractivity contribution in [2.75, 3.05) is 19.5 Å². The molecule has 0 aromatic heterocycles. The molecule has 0 spiro atoms. The number of rotatable bonds is 3. The van der Waals surface area contributed by atoms with Gasteiger partial charge in [0.15, 0.2) is 17.3 Å². The fourth-order valence-corrected chi connectivity index (χ4v) is 5.53. The average Bonchev–Trinajstić information content (AvgIpc) is 2.82. The average molecular weight is 458 g/mol. The molecule has 0 unspecified atom stereocenters. The highest BCUT2D eigenvalue weighted by molar-refractivity contribution is 6.06. The van der Waals surface area contributed by atoms with Crippen molar-refractivity contribution in [3.63, 3.8) is 0 Å². The number of Topliss-reactive ketones (excluding diaryl/α,β-unsaturated/α-hetero) is 1. The van der Waals surface area contributed by atoms with Crippen LogP contribution in [-0.2, 0) is 14.3 Å². The number of nitrogens with one attached hydrogen (secondary N) is 1. The number of methoxy groups -OCH3 is 2. The molecule has 2 aliphatic rings. The molecule has 1 aliphatic heterocycles. The minimum absolute atomic E-state index is 0.0109. The Kier molecular flexibility index (Phi) is 5.12. The summed E-state index contributed by atoms with van der Waals surface area (Å²) in [6, 6.07) is 17.2. The van der Waals surface area contributed by atoms with Crippen LogP contribution in [0.15, 0.2) is 65.9 Å². The number of carbonyl (C=O) groups excluding carboxylic acids is 2. The number of fused-ring (bicyclic) bond motifs is 3. The maximum absolute atomic E-state index is 13.7. The van der Waals surface area contributed by atoms with Gasteiger partial charge in [-0.05, 0) is 45.5 Å². The van der Waals surface area contributed by atoms with Crippen LogP contribution in [0.1, 0.15) is 37.3 Å². The molecule has 3 aromatic rings. The number of hydrogen-bond donors (Lipinski definition) is 2. The number of anilines is 1. The predicted molar refractivity (Wildman–Crippen MR) is 130 cm³/mol. The van der Waals surface area contributed by atoms with Gasteiger partial charge in [-0.1, -0.05) is 50.2 Å². The monoisotopic (exact) mass is 457 g/mol. The number of aromatic hydroxyl groups is 1. The SMILES string of the molecule is COC(=O)[C@@H]1C2=C(C(=O)CC1(C)C)[C@@H](c1ccc(O)c(OC)c1)c1c(ccc3ccccc13)N2. The summed E-state index contributed by atoms with van der Waals surface area (Å²) in [6.07, 6.45) is 0.221. The molecule has 0 saturated heterocycles. The molecule has 0 fully saturated rings. The third-order valence-electron chi connectivity index (χ3n) is 7.07. The van der Waals surface area contributed by atoms with Gasteiger partial charge < -0.3 is 19.9 Å². The number of benzene rings is 3. The molecule has 2 N–H and O–H groups in total. The summed E-state index contributed by atoms with van der Waals surface area (Å²) in [4.78, 5) is 26.7. The molecular weight excluding hydrogens is 430 g/mol. The van der Waals surface area contributed by atoms with E-state index in [9.17, 15) is 14.7 Å². The quantitative estimate of drug-likeness (QED) is 0.529. The van der Waals surface area contributed by atoms with Crippen molar-refractivity contribution < 1.29 is 24.2 Å². The zero-order valence-corrected chi connectivity index (χ0v) is 19.6. The van der Waals surface area contributed by atoms with Crippen LogP contribution in [0.4, 0.5) is 5.69 Å². The lowest BCUT2D eigenvalue weighted by molar-refractivity contribution is -0.148. The number of ketones is 1. The summed E-state index contributed by atoms with van der Waals surface area (Å²) in [5.74, 6) is -1.09. The zero-order chi connectivity index (χ0) is 24.2. The van der Waals surface area contributed by atoms with Crippen LogP contribution < -0.4 is 10.1 Å². The number of phenolic OH excluding ortho intramolecular Hbond substituents is 1. The molecule has 0 amide bonds. The van der Waals surface area contributed by atoms with Crippen molar-refractivity contribution in [1.82, 2.24) is 0 Å². The second-order valence-corrected chi connectivity index (χ2v) is 9.61. The Morgan fingerprint density at radius 2 is 1.85 bits per heavy atom. The van der Waals surface area contributed by atoms with Gasteiger partial charge in [-0.15, -0.1) is 0 Å². The zero-order valence-electron chi connectivity index (χ0n) is 19.6. The molecule has 0 bridgehead atoms.